The first-order chi connectivity index (χ1) is 14.9. The second kappa shape index (κ2) is 7.54. The van der Waals surface area contributed by atoms with Crippen LogP contribution in [0.5, 0.6) is 0 Å². The Hall–Kier alpha value is -3.02. The van der Waals surface area contributed by atoms with E-state index in [-0.39, 0.29) is 0 Å². The molecule has 0 aliphatic carbocycles. The van der Waals surface area contributed by atoms with Gasteiger partial charge < -0.3 is 9.47 Å². The molecule has 2 aliphatic rings. The molecule has 2 aromatic rings. The van der Waals surface area contributed by atoms with Crippen molar-refractivity contribution < 1.29 is 19.1 Å². The van der Waals surface area contributed by atoms with Gasteiger partial charge >= 0.3 is 12.2 Å². The van der Waals surface area contributed by atoms with E-state index in [4.69, 9.17) is 9.47 Å². The number of para-hydroxylation sites is 1. The Morgan fingerprint density at radius 3 is 2.03 bits per heavy atom. The third-order valence-corrected chi connectivity index (χ3v) is 5.88. The van der Waals surface area contributed by atoms with Crippen molar-refractivity contribution in [2.45, 2.75) is 70.7 Å². The minimum Gasteiger partial charge on any atom is -0.444 e. The fraction of sp³-hybridized carbons (Fsp3) is 0.462. The number of ether oxygens (including phenoxy) is 2. The Morgan fingerprint density at radius 2 is 1.41 bits per heavy atom. The monoisotopic (exact) mass is 436 g/mol. The number of fused-ring (bicyclic) bond motifs is 3. The maximum atomic E-state index is 13.5. The average molecular weight is 437 g/mol. The Morgan fingerprint density at radius 1 is 0.844 bits per heavy atom. The zero-order chi connectivity index (χ0) is 23.3. The number of hydrogen-bond acceptors (Lipinski definition) is 4. The summed E-state index contributed by atoms with van der Waals surface area (Å²) in [4.78, 5) is 30.2. The van der Waals surface area contributed by atoms with Crippen molar-refractivity contribution in [3.63, 3.8) is 0 Å². The summed E-state index contributed by atoms with van der Waals surface area (Å²) >= 11 is 0. The number of nitrogens with zero attached hydrogens (tertiary/aromatic N) is 2. The van der Waals surface area contributed by atoms with Crippen LogP contribution in [0.15, 0.2) is 54.6 Å². The van der Waals surface area contributed by atoms with Gasteiger partial charge in [-0.05, 0) is 65.2 Å². The standard InChI is InChI=1S/C26H32N2O4/c1-24(2,3)31-22(29)27-17-16-26(18-12-8-7-9-13-18)19-14-10-11-15-20(19)28(21(26)27)23(30)32-25(4,5)6/h7-15,21H,16-17H2,1-6H3/t21-,26-/m1/s1. The van der Waals surface area contributed by atoms with Crippen molar-refractivity contribution in [2.24, 2.45) is 0 Å². The summed E-state index contributed by atoms with van der Waals surface area (Å²) in [5.74, 6) is 0. The van der Waals surface area contributed by atoms with Gasteiger partial charge in [-0.2, -0.15) is 0 Å². The highest BCUT2D eigenvalue weighted by Crippen LogP contribution is 2.56. The lowest BCUT2D eigenvalue weighted by molar-refractivity contribution is 0.0187. The van der Waals surface area contributed by atoms with E-state index in [9.17, 15) is 9.59 Å². The molecule has 2 heterocycles. The third kappa shape index (κ3) is 3.72. The lowest BCUT2D eigenvalue weighted by atomic mass is 9.73. The van der Waals surface area contributed by atoms with Gasteiger partial charge in [0, 0.05) is 6.54 Å². The molecule has 0 bridgehead atoms. The van der Waals surface area contributed by atoms with E-state index in [2.05, 4.69) is 18.2 Å². The SMILES string of the molecule is CC(C)(C)OC(=O)N1CC[C@@]2(c3ccccc3)c3ccccc3N(C(=O)OC(C)(C)C)[C@@H]12. The largest absolute Gasteiger partial charge is 0.444 e. The lowest BCUT2D eigenvalue weighted by Gasteiger charge is -2.38. The van der Waals surface area contributed by atoms with Crippen molar-refractivity contribution in [1.82, 2.24) is 4.90 Å². The molecule has 2 amide bonds. The van der Waals surface area contributed by atoms with Crippen LogP contribution in [0.4, 0.5) is 15.3 Å². The number of amides is 2. The first-order valence-corrected chi connectivity index (χ1v) is 11.1. The molecule has 2 aromatic carbocycles. The quantitative estimate of drug-likeness (QED) is 0.576. The van der Waals surface area contributed by atoms with Crippen molar-refractivity contribution in [1.29, 1.82) is 0 Å². The predicted molar refractivity (Wildman–Crippen MR) is 124 cm³/mol. The molecule has 0 aromatic heterocycles. The fourth-order valence-corrected chi connectivity index (χ4v) is 4.85. The minimum atomic E-state index is -0.667. The Labute approximate surface area is 190 Å². The van der Waals surface area contributed by atoms with Gasteiger partial charge in [0.25, 0.3) is 0 Å². The highest BCUT2D eigenvalue weighted by Gasteiger charge is 2.62. The molecular formula is C26H32N2O4. The van der Waals surface area contributed by atoms with Crippen LogP contribution in [0.3, 0.4) is 0 Å². The van der Waals surface area contributed by atoms with Gasteiger partial charge in [-0.15, -0.1) is 0 Å². The molecule has 0 radical (unpaired) electrons. The van der Waals surface area contributed by atoms with Gasteiger partial charge in [0.2, 0.25) is 0 Å². The van der Waals surface area contributed by atoms with Crippen LogP contribution in [0.1, 0.15) is 59.1 Å². The predicted octanol–water partition coefficient (Wildman–Crippen LogP) is 5.69. The topological polar surface area (TPSA) is 59.1 Å². The molecule has 0 spiro atoms. The number of benzene rings is 2. The lowest BCUT2D eigenvalue weighted by Crippen LogP contribution is -2.55. The molecule has 0 saturated carbocycles. The summed E-state index contributed by atoms with van der Waals surface area (Å²) in [5, 5.41) is 0. The molecule has 6 nitrogen and oxygen atoms in total. The number of carbonyl (C=O) groups is 2. The van der Waals surface area contributed by atoms with Gasteiger partial charge in [-0.1, -0.05) is 48.5 Å². The van der Waals surface area contributed by atoms with Crippen LogP contribution in [-0.4, -0.2) is 41.0 Å². The van der Waals surface area contributed by atoms with Crippen molar-refractivity contribution in [3.8, 4) is 0 Å². The first kappa shape index (κ1) is 22.2. The van der Waals surface area contributed by atoms with E-state index in [1.54, 1.807) is 9.80 Å². The fourth-order valence-electron chi connectivity index (χ4n) is 4.85. The highest BCUT2D eigenvalue weighted by molar-refractivity contribution is 5.94. The van der Waals surface area contributed by atoms with Crippen molar-refractivity contribution in [3.05, 3.63) is 65.7 Å². The number of hydrogen-bond donors (Lipinski definition) is 0. The molecule has 1 saturated heterocycles. The Bertz CT molecular complexity index is 1020. The van der Waals surface area contributed by atoms with Crippen LogP contribution in [0.25, 0.3) is 0 Å². The minimum absolute atomic E-state index is 0.429. The number of carbonyl (C=O) groups excluding carboxylic acids is 2. The van der Waals surface area contributed by atoms with Crippen LogP contribution in [0, 0.1) is 0 Å². The van der Waals surface area contributed by atoms with E-state index >= 15 is 0 Å². The molecule has 0 N–H and O–H groups in total. The highest BCUT2D eigenvalue weighted by atomic mass is 16.6. The van der Waals surface area contributed by atoms with Crippen LogP contribution in [0.2, 0.25) is 0 Å². The number of anilines is 1. The van der Waals surface area contributed by atoms with Gasteiger partial charge in [0.1, 0.15) is 17.4 Å². The Balaban J connectivity index is 1.89. The third-order valence-electron chi connectivity index (χ3n) is 5.88. The molecule has 1 fully saturated rings. The van der Waals surface area contributed by atoms with E-state index < -0.39 is 35.0 Å². The van der Waals surface area contributed by atoms with Crippen LogP contribution >= 0.6 is 0 Å². The van der Waals surface area contributed by atoms with E-state index in [1.165, 1.54) is 0 Å². The Kier molecular flexibility index (Phi) is 5.23. The molecular weight excluding hydrogens is 404 g/mol. The number of rotatable bonds is 1. The van der Waals surface area contributed by atoms with Crippen molar-refractivity contribution >= 4 is 17.9 Å². The maximum absolute atomic E-state index is 13.5. The van der Waals surface area contributed by atoms with E-state index in [0.717, 1.165) is 16.8 Å². The summed E-state index contributed by atoms with van der Waals surface area (Å²) in [6, 6.07) is 18.0. The second-order valence-electron chi connectivity index (χ2n) is 10.5. The summed E-state index contributed by atoms with van der Waals surface area (Å²) in [6.07, 6.45) is -0.797. The normalized spacial score (nSPS) is 22.4. The molecule has 4 rings (SSSR count). The molecule has 0 unspecified atom stereocenters. The van der Waals surface area contributed by atoms with Crippen LogP contribution < -0.4 is 4.90 Å². The summed E-state index contributed by atoms with van der Waals surface area (Å²) in [5.41, 5.74) is 0.981. The van der Waals surface area contributed by atoms with E-state index in [1.807, 2.05) is 77.9 Å². The van der Waals surface area contributed by atoms with Gasteiger partial charge in [-0.3, -0.25) is 9.80 Å². The molecule has 170 valence electrons. The van der Waals surface area contributed by atoms with Gasteiger partial charge in [0.15, 0.2) is 0 Å². The summed E-state index contributed by atoms with van der Waals surface area (Å²) in [7, 11) is 0. The zero-order valence-electron chi connectivity index (χ0n) is 19.7. The van der Waals surface area contributed by atoms with Gasteiger partial charge in [0.05, 0.1) is 11.1 Å². The molecule has 2 atom stereocenters. The van der Waals surface area contributed by atoms with Crippen LogP contribution in [-0.2, 0) is 14.9 Å². The summed E-state index contributed by atoms with van der Waals surface area (Å²) < 4.78 is 11.6. The second-order valence-corrected chi connectivity index (χ2v) is 10.5. The number of likely N-dealkylation sites (tertiary alicyclic amines) is 1. The zero-order valence-corrected chi connectivity index (χ0v) is 19.7. The molecule has 2 aliphatic heterocycles. The smallest absolute Gasteiger partial charge is 0.416 e. The van der Waals surface area contributed by atoms with Crippen molar-refractivity contribution in [2.75, 3.05) is 11.4 Å². The summed E-state index contributed by atoms with van der Waals surface area (Å²) in [6.45, 7) is 11.6. The average Bonchev–Trinajstić information content (AvgIpc) is 3.20. The first-order valence-electron chi connectivity index (χ1n) is 11.1. The molecule has 6 heteroatoms. The van der Waals surface area contributed by atoms with E-state index in [0.29, 0.717) is 13.0 Å². The maximum Gasteiger partial charge on any atom is 0.416 e. The van der Waals surface area contributed by atoms with Gasteiger partial charge in [-0.25, -0.2) is 9.59 Å². The molecule has 32 heavy (non-hydrogen) atoms.